The number of nitrogens with zero attached hydrogens (tertiary/aromatic N) is 4. The van der Waals surface area contributed by atoms with Gasteiger partial charge in [-0.15, -0.1) is 0 Å². The van der Waals surface area contributed by atoms with Crippen molar-refractivity contribution in [3.05, 3.63) is 48.0 Å². The van der Waals surface area contributed by atoms with Gasteiger partial charge < -0.3 is 9.64 Å². The molecule has 1 aromatic heterocycles. The summed E-state index contributed by atoms with van der Waals surface area (Å²) < 4.78 is 21.2. The van der Waals surface area contributed by atoms with Crippen LogP contribution in [0.15, 0.2) is 36.7 Å². The fraction of sp³-hybridized carbons (Fsp3) is 0.444. The van der Waals surface area contributed by atoms with Gasteiger partial charge in [0.2, 0.25) is 0 Å². The number of amides is 1. The van der Waals surface area contributed by atoms with Crippen LogP contribution in [-0.2, 0) is 11.3 Å². The van der Waals surface area contributed by atoms with E-state index in [0.29, 0.717) is 19.6 Å². The van der Waals surface area contributed by atoms with Crippen LogP contribution in [0.3, 0.4) is 0 Å². The van der Waals surface area contributed by atoms with Crippen molar-refractivity contribution in [2.24, 2.45) is 0 Å². The summed E-state index contributed by atoms with van der Waals surface area (Å²) in [5.41, 5.74) is 1.30. The molecular formula is C18H21FN4O2. The minimum absolute atomic E-state index is 0.259. The Kier molecular flexibility index (Phi) is 3.95. The number of likely N-dealkylation sites (N-methyl/N-ethyl adjacent to an activating group) is 1. The number of hydrogen-bond acceptors (Lipinski definition) is 4. The van der Waals surface area contributed by atoms with Crippen molar-refractivity contribution in [3.8, 4) is 5.69 Å². The smallest absolute Gasteiger partial charge is 0.410 e. The number of aromatic nitrogens is 2. The fourth-order valence-electron chi connectivity index (χ4n) is 3.89. The molecule has 2 aliphatic heterocycles. The molecule has 1 spiro atoms. The molecule has 2 saturated heterocycles. The number of piperidine rings is 1. The Balaban J connectivity index is 1.56. The van der Waals surface area contributed by atoms with E-state index < -0.39 is 5.60 Å². The lowest BCUT2D eigenvalue weighted by Crippen LogP contribution is -2.50. The minimum atomic E-state index is -0.441. The molecule has 2 fully saturated rings. The van der Waals surface area contributed by atoms with Crippen molar-refractivity contribution in [1.82, 2.24) is 19.6 Å². The van der Waals surface area contributed by atoms with Crippen molar-refractivity contribution >= 4 is 6.09 Å². The zero-order valence-corrected chi connectivity index (χ0v) is 14.2. The van der Waals surface area contributed by atoms with E-state index in [2.05, 4.69) is 10.00 Å². The summed E-state index contributed by atoms with van der Waals surface area (Å²) in [6.07, 6.45) is 5.12. The Bertz CT molecular complexity index is 779. The Morgan fingerprint density at radius 3 is 2.96 bits per heavy atom. The van der Waals surface area contributed by atoms with Crippen molar-refractivity contribution in [2.75, 3.05) is 26.7 Å². The number of carbonyl (C=O) groups excluding carboxylic acids is 1. The normalized spacial score (nSPS) is 24.1. The number of carbonyl (C=O) groups is 1. The summed E-state index contributed by atoms with van der Waals surface area (Å²) in [5, 5.41) is 4.26. The van der Waals surface area contributed by atoms with Crippen LogP contribution < -0.4 is 0 Å². The second-order valence-corrected chi connectivity index (χ2v) is 6.94. The van der Waals surface area contributed by atoms with E-state index >= 15 is 0 Å². The van der Waals surface area contributed by atoms with Crippen LogP contribution in [0.25, 0.3) is 5.69 Å². The van der Waals surface area contributed by atoms with Crippen LogP contribution >= 0.6 is 0 Å². The standard InChI is InChI=1S/C18H21FN4O2/c1-21-12-18(25-17(21)24)6-2-8-22(13-18)11-14-10-15(19)4-5-16(14)23-9-3-7-20-23/h3-5,7,9-10H,2,6,8,11-13H2,1H3/t18-/m1/s1. The van der Waals surface area contributed by atoms with Gasteiger partial charge >= 0.3 is 6.09 Å². The Morgan fingerprint density at radius 1 is 1.36 bits per heavy atom. The van der Waals surface area contributed by atoms with Gasteiger partial charge in [0.05, 0.1) is 12.2 Å². The lowest BCUT2D eigenvalue weighted by molar-refractivity contribution is -0.0113. The molecule has 0 bridgehead atoms. The Morgan fingerprint density at radius 2 is 2.24 bits per heavy atom. The maximum Gasteiger partial charge on any atom is 0.410 e. The second-order valence-electron chi connectivity index (χ2n) is 6.94. The predicted molar refractivity (Wildman–Crippen MR) is 89.9 cm³/mol. The van der Waals surface area contributed by atoms with Gasteiger partial charge in [0.25, 0.3) is 0 Å². The summed E-state index contributed by atoms with van der Waals surface area (Å²) in [5.74, 6) is -0.260. The predicted octanol–water partition coefficient (Wildman–Crippen LogP) is 2.43. The highest BCUT2D eigenvalue weighted by Crippen LogP contribution is 2.32. The highest BCUT2D eigenvalue weighted by Gasteiger charge is 2.46. The number of ether oxygens (including phenoxy) is 1. The van der Waals surface area contributed by atoms with Gasteiger partial charge in [-0.25, -0.2) is 13.9 Å². The third-order valence-corrected chi connectivity index (χ3v) is 4.95. The Labute approximate surface area is 145 Å². The van der Waals surface area contributed by atoms with Crippen molar-refractivity contribution in [3.63, 3.8) is 0 Å². The zero-order valence-electron chi connectivity index (χ0n) is 14.2. The zero-order chi connectivity index (χ0) is 17.4. The van der Waals surface area contributed by atoms with E-state index in [1.807, 2.05) is 12.3 Å². The van der Waals surface area contributed by atoms with E-state index in [-0.39, 0.29) is 11.9 Å². The highest BCUT2D eigenvalue weighted by atomic mass is 19.1. The molecule has 0 N–H and O–H groups in total. The van der Waals surface area contributed by atoms with E-state index in [1.165, 1.54) is 6.07 Å². The van der Waals surface area contributed by atoms with Gasteiger partial charge in [-0.2, -0.15) is 5.10 Å². The van der Waals surface area contributed by atoms with E-state index in [1.54, 1.807) is 35.0 Å². The van der Waals surface area contributed by atoms with E-state index in [0.717, 1.165) is 30.6 Å². The first-order valence-electron chi connectivity index (χ1n) is 8.50. The molecule has 25 heavy (non-hydrogen) atoms. The molecule has 6 nitrogen and oxygen atoms in total. The third kappa shape index (κ3) is 3.11. The largest absolute Gasteiger partial charge is 0.440 e. The number of halogens is 1. The van der Waals surface area contributed by atoms with Gasteiger partial charge in [0.15, 0.2) is 0 Å². The molecule has 0 aliphatic carbocycles. The molecular weight excluding hydrogens is 323 g/mol. The monoisotopic (exact) mass is 344 g/mol. The van der Waals surface area contributed by atoms with Crippen molar-refractivity contribution in [2.45, 2.75) is 25.0 Å². The summed E-state index contributed by atoms with van der Waals surface area (Å²) in [6, 6.07) is 6.61. The molecule has 1 amide bonds. The van der Waals surface area contributed by atoms with Crippen LogP contribution in [0.2, 0.25) is 0 Å². The average molecular weight is 344 g/mol. The van der Waals surface area contributed by atoms with Gasteiger partial charge in [-0.3, -0.25) is 4.90 Å². The molecule has 7 heteroatoms. The van der Waals surface area contributed by atoms with Crippen LogP contribution in [0.5, 0.6) is 0 Å². The molecule has 0 unspecified atom stereocenters. The number of benzene rings is 1. The molecule has 2 aliphatic rings. The third-order valence-electron chi connectivity index (χ3n) is 4.95. The van der Waals surface area contributed by atoms with E-state index in [9.17, 15) is 9.18 Å². The molecule has 0 saturated carbocycles. The van der Waals surface area contributed by atoms with Crippen molar-refractivity contribution in [1.29, 1.82) is 0 Å². The average Bonchev–Trinajstić information content (AvgIpc) is 3.17. The minimum Gasteiger partial charge on any atom is -0.440 e. The number of likely N-dealkylation sites (tertiary alicyclic amines) is 1. The van der Waals surface area contributed by atoms with Crippen LogP contribution in [0.4, 0.5) is 9.18 Å². The summed E-state index contributed by atoms with van der Waals surface area (Å²) in [7, 11) is 1.76. The van der Waals surface area contributed by atoms with Gasteiger partial charge in [0.1, 0.15) is 11.4 Å². The molecule has 1 aromatic carbocycles. The molecule has 1 atom stereocenters. The lowest BCUT2D eigenvalue weighted by atomic mass is 9.92. The quantitative estimate of drug-likeness (QED) is 0.858. The summed E-state index contributed by atoms with van der Waals surface area (Å²) in [4.78, 5) is 15.7. The molecule has 2 aromatic rings. The molecule has 0 radical (unpaired) electrons. The first-order valence-corrected chi connectivity index (χ1v) is 8.50. The maximum atomic E-state index is 13.8. The van der Waals surface area contributed by atoms with Crippen LogP contribution in [0.1, 0.15) is 18.4 Å². The molecule has 3 heterocycles. The lowest BCUT2D eigenvalue weighted by Gasteiger charge is -2.38. The number of rotatable bonds is 3. The summed E-state index contributed by atoms with van der Waals surface area (Å²) >= 11 is 0. The first kappa shape index (κ1) is 16.1. The van der Waals surface area contributed by atoms with Gasteiger partial charge in [-0.05, 0) is 49.2 Å². The number of hydrogen-bond donors (Lipinski definition) is 0. The SMILES string of the molecule is CN1C[C@@]2(CCCN(Cc3cc(F)ccc3-n3cccn3)C2)OC1=O. The highest BCUT2D eigenvalue weighted by molar-refractivity contribution is 5.70. The van der Waals surface area contributed by atoms with E-state index in [4.69, 9.17) is 4.74 Å². The molecule has 4 rings (SSSR count). The van der Waals surface area contributed by atoms with Crippen LogP contribution in [0, 0.1) is 5.82 Å². The molecule has 132 valence electrons. The summed E-state index contributed by atoms with van der Waals surface area (Å²) in [6.45, 7) is 2.77. The van der Waals surface area contributed by atoms with Gasteiger partial charge in [0, 0.05) is 32.5 Å². The topological polar surface area (TPSA) is 50.6 Å². The maximum absolute atomic E-state index is 13.8. The van der Waals surface area contributed by atoms with Crippen LogP contribution in [-0.4, -0.2) is 58.0 Å². The second kappa shape index (κ2) is 6.15. The first-order chi connectivity index (χ1) is 12.0. The van der Waals surface area contributed by atoms with Crippen molar-refractivity contribution < 1.29 is 13.9 Å². The fourth-order valence-corrected chi connectivity index (χ4v) is 3.89. The van der Waals surface area contributed by atoms with Gasteiger partial charge in [-0.1, -0.05) is 0 Å². The Hall–Kier alpha value is -2.41.